The molecule has 3 aromatic rings. The Morgan fingerprint density at radius 3 is 2.85 bits per heavy atom. The molecule has 0 saturated heterocycles. The Labute approximate surface area is 156 Å². The minimum Gasteiger partial charge on any atom is -0.338 e. The number of benzene rings is 1. The van der Waals surface area contributed by atoms with Crippen LogP contribution in [-0.2, 0) is 13.0 Å². The van der Waals surface area contributed by atoms with Gasteiger partial charge in [0, 0.05) is 18.9 Å². The summed E-state index contributed by atoms with van der Waals surface area (Å²) < 4.78 is 7.54. The lowest BCUT2D eigenvalue weighted by atomic mass is 10.1. The molecule has 0 aliphatic heterocycles. The molecule has 1 fully saturated rings. The fourth-order valence-electron chi connectivity index (χ4n) is 2.76. The number of nitrogens with zero attached hydrogens (tertiary/aromatic N) is 5. The summed E-state index contributed by atoms with van der Waals surface area (Å²) in [5.74, 6) is 2.90. The van der Waals surface area contributed by atoms with E-state index in [0.717, 1.165) is 36.1 Å². The van der Waals surface area contributed by atoms with E-state index in [1.54, 1.807) is 11.8 Å². The lowest BCUT2D eigenvalue weighted by Crippen LogP contribution is -2.05. The second-order valence-corrected chi connectivity index (χ2v) is 7.79. The van der Waals surface area contributed by atoms with Crippen LogP contribution < -0.4 is 0 Å². The third-order valence-corrected chi connectivity index (χ3v) is 5.41. The molecule has 0 bridgehead atoms. The van der Waals surface area contributed by atoms with Crippen LogP contribution in [0, 0.1) is 0 Å². The van der Waals surface area contributed by atoms with Gasteiger partial charge in [0.2, 0.25) is 5.89 Å². The van der Waals surface area contributed by atoms with Crippen LogP contribution in [0.5, 0.6) is 0 Å². The van der Waals surface area contributed by atoms with E-state index in [2.05, 4.69) is 50.5 Å². The molecule has 0 N–H and O–H groups in total. The van der Waals surface area contributed by atoms with Gasteiger partial charge in [-0.1, -0.05) is 53.3 Å². The van der Waals surface area contributed by atoms with Gasteiger partial charge in [-0.05, 0) is 25.3 Å². The van der Waals surface area contributed by atoms with Crippen molar-refractivity contribution < 1.29 is 4.52 Å². The average Bonchev–Trinajstić information content (AvgIpc) is 3.28. The number of hydrogen-bond donors (Lipinski definition) is 0. The molecule has 0 spiro atoms. The van der Waals surface area contributed by atoms with Crippen LogP contribution in [0.15, 0.2) is 52.7 Å². The molecule has 1 atom stereocenters. The Bertz CT molecular complexity index is 884. The molecule has 1 aliphatic rings. The van der Waals surface area contributed by atoms with Gasteiger partial charge >= 0.3 is 0 Å². The van der Waals surface area contributed by atoms with Crippen molar-refractivity contribution in [2.24, 2.45) is 0 Å². The van der Waals surface area contributed by atoms with Gasteiger partial charge in [0.05, 0.1) is 5.25 Å². The van der Waals surface area contributed by atoms with Crippen molar-refractivity contribution >= 4 is 11.8 Å². The molecule has 1 saturated carbocycles. The molecule has 1 unspecified atom stereocenters. The molecule has 4 rings (SSSR count). The summed E-state index contributed by atoms with van der Waals surface area (Å²) in [7, 11) is 0. The maximum Gasteiger partial charge on any atom is 0.239 e. The number of allylic oxidation sites excluding steroid dienone is 1. The lowest BCUT2D eigenvalue weighted by Gasteiger charge is -2.09. The molecule has 1 aliphatic carbocycles. The lowest BCUT2D eigenvalue weighted by molar-refractivity contribution is 0.374. The van der Waals surface area contributed by atoms with E-state index < -0.39 is 0 Å². The Morgan fingerprint density at radius 1 is 1.31 bits per heavy atom. The van der Waals surface area contributed by atoms with Crippen molar-refractivity contribution in [3.8, 4) is 0 Å². The van der Waals surface area contributed by atoms with Crippen LogP contribution in [0.4, 0.5) is 0 Å². The highest BCUT2D eigenvalue weighted by molar-refractivity contribution is 7.99. The van der Waals surface area contributed by atoms with Gasteiger partial charge in [0.1, 0.15) is 5.82 Å². The van der Waals surface area contributed by atoms with Crippen molar-refractivity contribution in [3.05, 3.63) is 66.1 Å². The van der Waals surface area contributed by atoms with Crippen molar-refractivity contribution in [3.63, 3.8) is 0 Å². The standard InChI is InChI=1S/C19H21N5OS/c1-3-11-24-16(12-14-7-5-4-6-8-14)21-22-19(24)26-13(2)18-20-17(23-25-18)15-9-10-15/h3-8,13,15H,1,9-12H2,2H3. The number of rotatable bonds is 8. The van der Waals surface area contributed by atoms with Crippen molar-refractivity contribution in [1.29, 1.82) is 0 Å². The van der Waals surface area contributed by atoms with Crippen molar-refractivity contribution in [2.45, 2.75) is 49.1 Å². The zero-order valence-corrected chi connectivity index (χ0v) is 15.5. The van der Waals surface area contributed by atoms with Gasteiger partial charge in [-0.25, -0.2) is 0 Å². The third-order valence-electron chi connectivity index (χ3n) is 4.34. The summed E-state index contributed by atoms with van der Waals surface area (Å²) >= 11 is 1.59. The predicted octanol–water partition coefficient (Wildman–Crippen LogP) is 4.17. The molecule has 0 amide bonds. The SMILES string of the molecule is C=CCn1c(Cc2ccccc2)nnc1SC(C)c1nc(C2CC2)no1. The van der Waals surface area contributed by atoms with E-state index in [1.165, 1.54) is 5.56 Å². The quantitative estimate of drug-likeness (QED) is 0.440. The first kappa shape index (κ1) is 17.0. The predicted molar refractivity (Wildman–Crippen MR) is 100 cm³/mol. The van der Waals surface area contributed by atoms with Crippen LogP contribution >= 0.6 is 11.8 Å². The van der Waals surface area contributed by atoms with Crippen molar-refractivity contribution in [1.82, 2.24) is 24.9 Å². The highest BCUT2D eigenvalue weighted by Crippen LogP contribution is 2.40. The first-order valence-electron chi connectivity index (χ1n) is 8.81. The summed E-state index contributed by atoms with van der Waals surface area (Å²) in [6.07, 6.45) is 4.93. The minimum absolute atomic E-state index is 0.0207. The molecule has 134 valence electrons. The van der Waals surface area contributed by atoms with E-state index in [9.17, 15) is 0 Å². The summed E-state index contributed by atoms with van der Waals surface area (Å²) in [6.45, 7) is 6.59. The molecular formula is C19H21N5OS. The molecule has 2 aromatic heterocycles. The van der Waals surface area contributed by atoms with Gasteiger partial charge in [0.15, 0.2) is 11.0 Å². The smallest absolute Gasteiger partial charge is 0.239 e. The van der Waals surface area contributed by atoms with E-state index in [0.29, 0.717) is 18.4 Å². The number of hydrogen-bond acceptors (Lipinski definition) is 6. The van der Waals surface area contributed by atoms with E-state index in [4.69, 9.17) is 4.52 Å². The summed E-state index contributed by atoms with van der Waals surface area (Å²) in [5, 5.41) is 13.8. The maximum atomic E-state index is 5.44. The summed E-state index contributed by atoms with van der Waals surface area (Å²) in [6, 6.07) is 10.3. The normalized spacial score (nSPS) is 15.1. The highest BCUT2D eigenvalue weighted by atomic mass is 32.2. The van der Waals surface area contributed by atoms with E-state index >= 15 is 0 Å². The zero-order chi connectivity index (χ0) is 17.9. The Hall–Kier alpha value is -2.41. The van der Waals surface area contributed by atoms with E-state index in [1.807, 2.05) is 24.3 Å². The molecule has 2 heterocycles. The van der Waals surface area contributed by atoms with Gasteiger partial charge in [-0.15, -0.1) is 16.8 Å². The molecule has 7 heteroatoms. The first-order chi connectivity index (χ1) is 12.7. The summed E-state index contributed by atoms with van der Waals surface area (Å²) in [4.78, 5) is 4.54. The Morgan fingerprint density at radius 2 is 2.12 bits per heavy atom. The van der Waals surface area contributed by atoms with Gasteiger partial charge in [-0.3, -0.25) is 0 Å². The van der Waals surface area contributed by atoms with Gasteiger partial charge < -0.3 is 9.09 Å². The molecule has 1 aromatic carbocycles. The average molecular weight is 367 g/mol. The topological polar surface area (TPSA) is 69.6 Å². The third kappa shape index (κ3) is 3.72. The molecule has 0 radical (unpaired) electrons. The van der Waals surface area contributed by atoms with Crippen LogP contribution in [0.3, 0.4) is 0 Å². The minimum atomic E-state index is 0.0207. The second-order valence-electron chi connectivity index (χ2n) is 6.49. The van der Waals surface area contributed by atoms with Crippen LogP contribution in [0.2, 0.25) is 0 Å². The fourth-order valence-corrected chi connectivity index (χ4v) is 3.66. The zero-order valence-electron chi connectivity index (χ0n) is 14.7. The van der Waals surface area contributed by atoms with Gasteiger partial charge in [-0.2, -0.15) is 4.98 Å². The number of thioether (sulfide) groups is 1. The fraction of sp³-hybridized carbons (Fsp3) is 0.368. The first-order valence-corrected chi connectivity index (χ1v) is 9.69. The van der Waals surface area contributed by atoms with Crippen LogP contribution in [0.1, 0.15) is 54.0 Å². The maximum absolute atomic E-state index is 5.44. The van der Waals surface area contributed by atoms with Crippen LogP contribution in [0.25, 0.3) is 0 Å². The van der Waals surface area contributed by atoms with Gasteiger partial charge in [0.25, 0.3) is 0 Å². The summed E-state index contributed by atoms with van der Waals surface area (Å²) in [5.41, 5.74) is 1.21. The van der Waals surface area contributed by atoms with E-state index in [-0.39, 0.29) is 5.25 Å². The molecular weight excluding hydrogens is 346 g/mol. The molecule has 6 nitrogen and oxygen atoms in total. The highest BCUT2D eigenvalue weighted by Gasteiger charge is 2.30. The molecule has 26 heavy (non-hydrogen) atoms. The monoisotopic (exact) mass is 367 g/mol. The Balaban J connectivity index is 1.52. The van der Waals surface area contributed by atoms with Crippen LogP contribution in [-0.4, -0.2) is 24.9 Å². The number of aromatic nitrogens is 5. The second kappa shape index (κ2) is 7.45. The van der Waals surface area contributed by atoms with Crippen molar-refractivity contribution in [2.75, 3.05) is 0 Å². The Kier molecular flexibility index (Phi) is 4.88. The largest absolute Gasteiger partial charge is 0.338 e.